The maximum Gasteiger partial charge on any atom is 0.335 e. The van der Waals surface area contributed by atoms with E-state index >= 15 is 0 Å². The lowest BCUT2D eigenvalue weighted by Crippen LogP contribution is -2.37. The number of aromatic carboxylic acids is 1. The third-order valence-corrected chi connectivity index (χ3v) is 3.75. The molecule has 1 aliphatic heterocycles. The Morgan fingerprint density at radius 1 is 1.48 bits per heavy atom. The third kappa shape index (κ3) is 4.00. The van der Waals surface area contributed by atoms with Crippen LogP contribution in [0.1, 0.15) is 22.3 Å². The Bertz CT molecular complexity index is 522. The molecule has 2 rings (SSSR count). The van der Waals surface area contributed by atoms with Crippen LogP contribution in [0.15, 0.2) is 18.2 Å². The zero-order valence-electron chi connectivity index (χ0n) is 12.3. The predicted octanol–water partition coefficient (Wildman–Crippen LogP) is 1.02. The minimum atomic E-state index is -1.07. The average Bonchev–Trinajstić information content (AvgIpc) is 2.71. The first-order valence-corrected chi connectivity index (χ1v) is 6.95. The molecule has 0 spiro atoms. The summed E-state index contributed by atoms with van der Waals surface area (Å²) in [6.07, 6.45) is 0.235. The summed E-state index contributed by atoms with van der Waals surface area (Å²) >= 11 is 0. The standard InChI is InChI=1S/C15H21FN2O3/c1-17(2)8-12-6-13(19)9-18(12)7-11-5-10(15(20)21)3-4-14(11)16/h3-5,12-13,19H,6-9H2,1-2H3,(H,20,21). The van der Waals surface area contributed by atoms with Crippen molar-refractivity contribution < 1.29 is 19.4 Å². The monoisotopic (exact) mass is 296 g/mol. The summed E-state index contributed by atoms with van der Waals surface area (Å²) in [7, 11) is 3.91. The molecule has 0 amide bonds. The van der Waals surface area contributed by atoms with E-state index in [0.29, 0.717) is 25.1 Å². The van der Waals surface area contributed by atoms with Crippen LogP contribution in [0.25, 0.3) is 0 Å². The second kappa shape index (κ2) is 6.51. The molecule has 21 heavy (non-hydrogen) atoms. The minimum absolute atomic E-state index is 0.0790. The third-order valence-electron chi connectivity index (χ3n) is 3.75. The van der Waals surface area contributed by atoms with Crippen LogP contribution in [0.5, 0.6) is 0 Å². The van der Waals surface area contributed by atoms with Gasteiger partial charge in [0.15, 0.2) is 0 Å². The number of carboxylic acids is 1. The van der Waals surface area contributed by atoms with E-state index in [4.69, 9.17) is 5.11 Å². The Hall–Kier alpha value is -1.50. The quantitative estimate of drug-likeness (QED) is 0.849. The van der Waals surface area contributed by atoms with Crippen molar-refractivity contribution in [1.29, 1.82) is 0 Å². The fourth-order valence-electron chi connectivity index (χ4n) is 2.81. The van der Waals surface area contributed by atoms with Crippen LogP contribution in [0.4, 0.5) is 4.39 Å². The molecule has 5 nitrogen and oxygen atoms in total. The molecule has 2 N–H and O–H groups in total. The van der Waals surface area contributed by atoms with Gasteiger partial charge in [-0.15, -0.1) is 0 Å². The molecule has 0 aliphatic carbocycles. The van der Waals surface area contributed by atoms with Gasteiger partial charge in [-0.25, -0.2) is 9.18 Å². The number of aliphatic hydroxyl groups is 1. The van der Waals surface area contributed by atoms with Crippen LogP contribution in [0.3, 0.4) is 0 Å². The summed E-state index contributed by atoms with van der Waals surface area (Å²) in [4.78, 5) is 15.0. The molecule has 0 aromatic heterocycles. The predicted molar refractivity (Wildman–Crippen MR) is 76.7 cm³/mol. The highest BCUT2D eigenvalue weighted by Crippen LogP contribution is 2.22. The van der Waals surface area contributed by atoms with E-state index in [9.17, 15) is 14.3 Å². The number of carbonyl (C=O) groups is 1. The summed E-state index contributed by atoms with van der Waals surface area (Å²) in [5, 5.41) is 18.8. The zero-order valence-corrected chi connectivity index (χ0v) is 12.3. The Morgan fingerprint density at radius 3 is 2.81 bits per heavy atom. The fourth-order valence-corrected chi connectivity index (χ4v) is 2.81. The molecule has 1 saturated heterocycles. The van der Waals surface area contributed by atoms with Gasteiger partial charge in [0, 0.05) is 31.2 Å². The summed E-state index contributed by atoms with van der Waals surface area (Å²) in [6, 6.07) is 3.96. The molecule has 0 saturated carbocycles. The SMILES string of the molecule is CN(C)CC1CC(O)CN1Cc1cc(C(=O)O)ccc1F. The van der Waals surface area contributed by atoms with Gasteiger partial charge in [-0.1, -0.05) is 0 Å². The Balaban J connectivity index is 2.16. The summed E-state index contributed by atoms with van der Waals surface area (Å²) < 4.78 is 13.9. The number of likely N-dealkylation sites (N-methyl/N-ethyl adjacent to an activating group) is 1. The fraction of sp³-hybridized carbons (Fsp3) is 0.533. The highest BCUT2D eigenvalue weighted by Gasteiger charge is 2.31. The van der Waals surface area contributed by atoms with Gasteiger partial charge in [-0.3, -0.25) is 4.90 Å². The second-order valence-electron chi connectivity index (χ2n) is 5.85. The number of likely N-dealkylation sites (tertiary alicyclic amines) is 1. The molecule has 116 valence electrons. The van der Waals surface area contributed by atoms with Crippen molar-refractivity contribution in [1.82, 2.24) is 9.80 Å². The van der Waals surface area contributed by atoms with E-state index in [-0.39, 0.29) is 11.6 Å². The molecule has 2 unspecified atom stereocenters. The number of carboxylic acid groups (broad SMARTS) is 1. The summed E-state index contributed by atoms with van der Waals surface area (Å²) in [5.41, 5.74) is 0.433. The molecule has 1 aromatic carbocycles. The minimum Gasteiger partial charge on any atom is -0.478 e. The zero-order chi connectivity index (χ0) is 15.6. The highest BCUT2D eigenvalue weighted by molar-refractivity contribution is 5.87. The maximum atomic E-state index is 13.9. The Morgan fingerprint density at radius 2 is 2.19 bits per heavy atom. The van der Waals surface area contributed by atoms with Crippen LogP contribution in [0, 0.1) is 5.82 Å². The molecule has 0 bridgehead atoms. The van der Waals surface area contributed by atoms with Crippen molar-refractivity contribution in [3.05, 3.63) is 35.1 Å². The average molecular weight is 296 g/mol. The van der Waals surface area contributed by atoms with E-state index in [2.05, 4.69) is 0 Å². The van der Waals surface area contributed by atoms with Crippen molar-refractivity contribution in [3.63, 3.8) is 0 Å². The van der Waals surface area contributed by atoms with Gasteiger partial charge in [-0.2, -0.15) is 0 Å². The van der Waals surface area contributed by atoms with Crippen molar-refractivity contribution in [2.75, 3.05) is 27.2 Å². The van der Waals surface area contributed by atoms with E-state index in [1.807, 2.05) is 23.9 Å². The number of hydrogen-bond donors (Lipinski definition) is 2. The van der Waals surface area contributed by atoms with Gasteiger partial charge >= 0.3 is 5.97 Å². The summed E-state index contributed by atoms with van der Waals surface area (Å²) in [5.74, 6) is -1.48. The first kappa shape index (κ1) is 15.9. The Labute approximate surface area is 123 Å². The van der Waals surface area contributed by atoms with Gasteiger partial charge in [0.2, 0.25) is 0 Å². The maximum absolute atomic E-state index is 13.9. The lowest BCUT2D eigenvalue weighted by Gasteiger charge is -2.26. The second-order valence-corrected chi connectivity index (χ2v) is 5.85. The molecular formula is C15H21FN2O3. The van der Waals surface area contributed by atoms with Crippen LogP contribution >= 0.6 is 0 Å². The largest absolute Gasteiger partial charge is 0.478 e. The number of halogens is 1. The van der Waals surface area contributed by atoms with Gasteiger partial charge in [0.1, 0.15) is 5.82 Å². The topological polar surface area (TPSA) is 64.0 Å². The summed E-state index contributed by atoms with van der Waals surface area (Å²) in [6.45, 7) is 1.56. The molecule has 1 fully saturated rings. The number of rotatable bonds is 5. The molecule has 0 radical (unpaired) electrons. The van der Waals surface area contributed by atoms with E-state index in [0.717, 1.165) is 6.54 Å². The number of β-amino-alcohol motifs (C(OH)–C–C–N with tert-alkyl or cyclic N) is 1. The molecule has 1 aromatic rings. The van der Waals surface area contributed by atoms with Crippen molar-refractivity contribution in [3.8, 4) is 0 Å². The van der Waals surface area contributed by atoms with Crippen molar-refractivity contribution >= 4 is 5.97 Å². The van der Waals surface area contributed by atoms with Crippen LogP contribution in [0.2, 0.25) is 0 Å². The highest BCUT2D eigenvalue weighted by atomic mass is 19.1. The molecule has 1 aliphatic rings. The molecule has 6 heteroatoms. The van der Waals surface area contributed by atoms with E-state index < -0.39 is 17.9 Å². The molecular weight excluding hydrogens is 275 g/mol. The lowest BCUT2D eigenvalue weighted by atomic mass is 10.1. The van der Waals surface area contributed by atoms with Gasteiger partial charge in [0.05, 0.1) is 11.7 Å². The van der Waals surface area contributed by atoms with Crippen LogP contribution in [-0.4, -0.2) is 65.3 Å². The number of benzene rings is 1. The molecule has 1 heterocycles. The van der Waals surface area contributed by atoms with E-state index in [1.54, 1.807) is 0 Å². The first-order chi connectivity index (χ1) is 9.86. The smallest absolute Gasteiger partial charge is 0.335 e. The number of nitrogens with zero attached hydrogens (tertiary/aromatic N) is 2. The lowest BCUT2D eigenvalue weighted by molar-refractivity contribution is 0.0696. The van der Waals surface area contributed by atoms with Gasteiger partial charge in [0.25, 0.3) is 0 Å². The Kier molecular flexibility index (Phi) is 4.92. The van der Waals surface area contributed by atoms with Crippen LogP contribution < -0.4 is 0 Å². The molecule has 2 atom stereocenters. The first-order valence-electron chi connectivity index (χ1n) is 6.95. The van der Waals surface area contributed by atoms with E-state index in [1.165, 1.54) is 18.2 Å². The van der Waals surface area contributed by atoms with Crippen LogP contribution in [-0.2, 0) is 6.54 Å². The number of aliphatic hydroxyl groups excluding tert-OH is 1. The van der Waals surface area contributed by atoms with Gasteiger partial charge in [-0.05, 0) is 38.7 Å². The number of hydrogen-bond acceptors (Lipinski definition) is 4. The van der Waals surface area contributed by atoms with Crippen molar-refractivity contribution in [2.45, 2.75) is 25.1 Å². The normalized spacial score (nSPS) is 22.9. The van der Waals surface area contributed by atoms with Crippen molar-refractivity contribution in [2.24, 2.45) is 0 Å². The van der Waals surface area contributed by atoms with Gasteiger partial charge < -0.3 is 15.1 Å².